The van der Waals surface area contributed by atoms with Crippen molar-refractivity contribution in [2.45, 2.75) is 25.9 Å². The van der Waals surface area contributed by atoms with Crippen molar-refractivity contribution in [2.75, 3.05) is 6.61 Å². The molecule has 2 rings (SSSR count). The van der Waals surface area contributed by atoms with Gasteiger partial charge in [0.2, 0.25) is 0 Å². The van der Waals surface area contributed by atoms with E-state index >= 15 is 0 Å². The molecule has 0 aliphatic carbocycles. The normalized spacial score (nSPS) is 12.1. The zero-order valence-electron chi connectivity index (χ0n) is 11.3. The first-order valence-corrected chi connectivity index (χ1v) is 6.74. The molecule has 0 aliphatic heterocycles. The first-order valence-electron chi connectivity index (χ1n) is 6.74. The maximum absolute atomic E-state index is 10.1. The number of hydrogen-bond acceptors (Lipinski definition) is 2. The Kier molecular flexibility index (Phi) is 4.99. The van der Waals surface area contributed by atoms with Gasteiger partial charge in [0.05, 0.1) is 0 Å². The van der Waals surface area contributed by atoms with Crippen molar-refractivity contribution in [2.24, 2.45) is 0 Å². The molecule has 100 valence electrons. The van der Waals surface area contributed by atoms with Gasteiger partial charge in [0.15, 0.2) is 0 Å². The molecule has 0 fully saturated rings. The Morgan fingerprint density at radius 2 is 1.84 bits per heavy atom. The highest BCUT2D eigenvalue weighted by molar-refractivity contribution is 5.26. The van der Waals surface area contributed by atoms with Gasteiger partial charge in [-0.3, -0.25) is 0 Å². The second-order valence-corrected chi connectivity index (χ2v) is 4.63. The smallest absolute Gasteiger partial charge is 0.119 e. The van der Waals surface area contributed by atoms with Gasteiger partial charge in [0, 0.05) is 0 Å². The Morgan fingerprint density at radius 1 is 1.05 bits per heavy atom. The lowest BCUT2D eigenvalue weighted by atomic mass is 10.0. The fourth-order valence-corrected chi connectivity index (χ4v) is 2.03. The van der Waals surface area contributed by atoms with Gasteiger partial charge in [-0.05, 0) is 29.7 Å². The van der Waals surface area contributed by atoms with Gasteiger partial charge in [-0.1, -0.05) is 55.8 Å². The molecule has 0 bridgehead atoms. The van der Waals surface area contributed by atoms with Crippen molar-refractivity contribution in [3.8, 4) is 5.75 Å². The van der Waals surface area contributed by atoms with Crippen LogP contribution >= 0.6 is 0 Å². The van der Waals surface area contributed by atoms with Gasteiger partial charge in [0.25, 0.3) is 0 Å². The van der Waals surface area contributed by atoms with E-state index in [2.05, 4.69) is 19.1 Å². The number of aliphatic hydroxyl groups is 1. The predicted molar refractivity (Wildman–Crippen MR) is 77.3 cm³/mol. The van der Waals surface area contributed by atoms with Crippen molar-refractivity contribution in [3.63, 3.8) is 0 Å². The summed E-state index contributed by atoms with van der Waals surface area (Å²) in [4.78, 5) is 0. The zero-order valence-corrected chi connectivity index (χ0v) is 11.3. The lowest BCUT2D eigenvalue weighted by Gasteiger charge is -2.13. The number of benzene rings is 2. The lowest BCUT2D eigenvalue weighted by Crippen LogP contribution is -2.09. The summed E-state index contributed by atoms with van der Waals surface area (Å²) in [5.74, 6) is 0.784. The predicted octanol–water partition coefficient (Wildman–Crippen LogP) is 3.75. The number of ether oxygens (including phenoxy) is 1. The Labute approximate surface area is 114 Å². The van der Waals surface area contributed by atoms with E-state index < -0.39 is 6.10 Å². The third-order valence-corrected chi connectivity index (χ3v) is 3.03. The average Bonchev–Trinajstić information content (AvgIpc) is 2.46. The Hall–Kier alpha value is -1.80. The molecule has 19 heavy (non-hydrogen) atoms. The molecule has 0 radical (unpaired) electrons. The summed E-state index contributed by atoms with van der Waals surface area (Å²) in [6, 6.07) is 17.6. The average molecular weight is 256 g/mol. The fourth-order valence-electron chi connectivity index (χ4n) is 2.03. The summed E-state index contributed by atoms with van der Waals surface area (Å²) in [6.45, 7) is 2.43. The van der Waals surface area contributed by atoms with Gasteiger partial charge in [-0.25, -0.2) is 0 Å². The first kappa shape index (κ1) is 13.6. The standard InChI is InChI=1S/C17H20O2/c1-2-7-14-8-6-9-15(12-14)17(18)13-19-16-10-4-3-5-11-16/h3-6,8-12,17-18H,2,7,13H2,1H3. The molecule has 0 saturated heterocycles. The first-order chi connectivity index (χ1) is 9.29. The fraction of sp³-hybridized carbons (Fsp3) is 0.294. The Bertz CT molecular complexity index is 494. The zero-order chi connectivity index (χ0) is 13.5. The van der Waals surface area contributed by atoms with Crippen LogP contribution < -0.4 is 4.74 Å². The van der Waals surface area contributed by atoms with Crippen LogP contribution in [0.3, 0.4) is 0 Å². The van der Waals surface area contributed by atoms with Gasteiger partial charge in [-0.2, -0.15) is 0 Å². The largest absolute Gasteiger partial charge is 0.491 e. The molecule has 2 heteroatoms. The van der Waals surface area contributed by atoms with E-state index in [1.165, 1.54) is 5.56 Å². The molecule has 1 unspecified atom stereocenters. The van der Waals surface area contributed by atoms with E-state index in [0.29, 0.717) is 0 Å². The third kappa shape index (κ3) is 4.11. The summed E-state index contributed by atoms with van der Waals surface area (Å²) >= 11 is 0. The maximum Gasteiger partial charge on any atom is 0.119 e. The Balaban J connectivity index is 1.95. The minimum Gasteiger partial charge on any atom is -0.491 e. The van der Waals surface area contributed by atoms with Gasteiger partial charge < -0.3 is 9.84 Å². The molecule has 0 amide bonds. The second kappa shape index (κ2) is 6.95. The van der Waals surface area contributed by atoms with Crippen LogP contribution in [0.1, 0.15) is 30.6 Å². The van der Waals surface area contributed by atoms with Crippen LogP contribution in [0, 0.1) is 0 Å². The summed E-state index contributed by atoms with van der Waals surface area (Å²) in [6.07, 6.45) is 1.57. The SMILES string of the molecule is CCCc1cccc(C(O)COc2ccccc2)c1. The van der Waals surface area contributed by atoms with Crippen LogP contribution in [-0.2, 0) is 6.42 Å². The topological polar surface area (TPSA) is 29.5 Å². The van der Waals surface area contributed by atoms with Crippen molar-refractivity contribution in [3.05, 3.63) is 65.7 Å². The number of hydrogen-bond donors (Lipinski definition) is 1. The van der Waals surface area contributed by atoms with Gasteiger partial charge in [0.1, 0.15) is 18.5 Å². The van der Waals surface area contributed by atoms with Crippen LogP contribution in [0.4, 0.5) is 0 Å². The van der Waals surface area contributed by atoms with Crippen LogP contribution in [0.5, 0.6) is 5.75 Å². The quantitative estimate of drug-likeness (QED) is 0.853. The van der Waals surface area contributed by atoms with Gasteiger partial charge >= 0.3 is 0 Å². The molecule has 0 heterocycles. The number of rotatable bonds is 6. The van der Waals surface area contributed by atoms with Crippen molar-refractivity contribution in [1.29, 1.82) is 0 Å². The molecule has 1 N–H and O–H groups in total. The van der Waals surface area contributed by atoms with E-state index in [1.54, 1.807) is 0 Å². The highest BCUT2D eigenvalue weighted by Crippen LogP contribution is 2.18. The molecule has 2 nitrogen and oxygen atoms in total. The minimum atomic E-state index is -0.586. The molecule has 2 aromatic carbocycles. The van der Waals surface area contributed by atoms with Crippen LogP contribution in [0.25, 0.3) is 0 Å². The summed E-state index contributed by atoms with van der Waals surface area (Å²) < 4.78 is 5.57. The second-order valence-electron chi connectivity index (χ2n) is 4.63. The summed E-state index contributed by atoms with van der Waals surface area (Å²) in [7, 11) is 0. The lowest BCUT2D eigenvalue weighted by molar-refractivity contribution is 0.108. The number of aryl methyl sites for hydroxylation is 1. The Morgan fingerprint density at radius 3 is 2.58 bits per heavy atom. The van der Waals surface area contributed by atoms with Gasteiger partial charge in [-0.15, -0.1) is 0 Å². The van der Waals surface area contributed by atoms with Crippen molar-refractivity contribution < 1.29 is 9.84 Å². The van der Waals surface area contributed by atoms with E-state index in [9.17, 15) is 5.11 Å². The molecule has 0 aromatic heterocycles. The van der Waals surface area contributed by atoms with E-state index in [-0.39, 0.29) is 6.61 Å². The van der Waals surface area contributed by atoms with Crippen molar-refractivity contribution >= 4 is 0 Å². The van der Waals surface area contributed by atoms with Crippen LogP contribution in [0.2, 0.25) is 0 Å². The summed E-state index contributed by atoms with van der Waals surface area (Å²) in [5, 5.41) is 10.1. The highest BCUT2D eigenvalue weighted by Gasteiger charge is 2.08. The molecular formula is C17H20O2. The number of para-hydroxylation sites is 1. The third-order valence-electron chi connectivity index (χ3n) is 3.03. The van der Waals surface area contributed by atoms with Crippen molar-refractivity contribution in [1.82, 2.24) is 0 Å². The monoisotopic (exact) mass is 256 g/mol. The molecule has 2 aromatic rings. The van der Waals surface area contributed by atoms with E-state index in [0.717, 1.165) is 24.2 Å². The molecular weight excluding hydrogens is 236 g/mol. The van der Waals surface area contributed by atoms with E-state index in [1.807, 2.05) is 42.5 Å². The summed E-state index contributed by atoms with van der Waals surface area (Å²) in [5.41, 5.74) is 2.18. The van der Waals surface area contributed by atoms with Crippen LogP contribution in [0.15, 0.2) is 54.6 Å². The molecule has 0 spiro atoms. The highest BCUT2D eigenvalue weighted by atomic mass is 16.5. The molecule has 0 aliphatic rings. The van der Waals surface area contributed by atoms with Crippen LogP contribution in [-0.4, -0.2) is 11.7 Å². The maximum atomic E-state index is 10.1. The van der Waals surface area contributed by atoms with E-state index in [4.69, 9.17) is 4.74 Å². The number of aliphatic hydroxyl groups excluding tert-OH is 1. The molecule has 0 saturated carbocycles. The minimum absolute atomic E-state index is 0.277. The molecule has 1 atom stereocenters.